The van der Waals surface area contributed by atoms with E-state index in [1.165, 1.54) is 19.3 Å². The number of fused-ring (bicyclic) bond motifs is 1. The van der Waals surface area contributed by atoms with Gasteiger partial charge in [0.05, 0.1) is 0 Å². The molecule has 0 radical (unpaired) electrons. The summed E-state index contributed by atoms with van der Waals surface area (Å²) >= 11 is 0. The van der Waals surface area contributed by atoms with Crippen molar-refractivity contribution in [2.45, 2.75) is 70.6 Å². The lowest BCUT2D eigenvalue weighted by atomic mass is 9.72. The van der Waals surface area contributed by atoms with E-state index in [-0.39, 0.29) is 0 Å². The lowest BCUT2D eigenvalue weighted by molar-refractivity contribution is 0.186. The van der Waals surface area contributed by atoms with Crippen molar-refractivity contribution in [2.24, 2.45) is 17.3 Å². The largest absolute Gasteiger partial charge is 0.0533 e. The first kappa shape index (κ1) is 9.24. The molecule has 0 heteroatoms. The van der Waals surface area contributed by atoms with E-state index >= 15 is 0 Å². The molecule has 0 saturated heterocycles. The molecule has 0 aromatic carbocycles. The summed E-state index contributed by atoms with van der Waals surface area (Å²) in [5, 5.41) is 0. The summed E-state index contributed by atoms with van der Waals surface area (Å²) in [6, 6.07) is 0. The van der Waals surface area contributed by atoms with E-state index in [0.717, 1.165) is 17.3 Å². The number of rotatable bonds is 0. The van der Waals surface area contributed by atoms with E-state index in [9.17, 15) is 0 Å². The van der Waals surface area contributed by atoms with E-state index in [4.69, 9.17) is 0 Å². The third-order valence-electron chi connectivity index (χ3n) is 5.37. The fraction of sp³-hybridized carbons (Fsp3) is 1.00. The van der Waals surface area contributed by atoms with Gasteiger partial charge in [-0.25, -0.2) is 0 Å². The molecule has 3 fully saturated rings. The van der Waals surface area contributed by atoms with Crippen molar-refractivity contribution in [3.05, 3.63) is 0 Å². The third kappa shape index (κ3) is 1.51. The predicted octanol–water partition coefficient (Wildman–Crippen LogP) is 4.54. The van der Waals surface area contributed by atoms with Gasteiger partial charge in [0.25, 0.3) is 0 Å². The van der Waals surface area contributed by atoms with Gasteiger partial charge < -0.3 is 0 Å². The maximum atomic E-state index is 1.62. The lowest BCUT2D eigenvalue weighted by Crippen LogP contribution is -2.20. The first-order chi connectivity index (χ1) is 6.88. The molecule has 0 bridgehead atoms. The molecule has 2 atom stereocenters. The van der Waals surface area contributed by atoms with Crippen LogP contribution in [0.1, 0.15) is 70.6 Å². The zero-order chi connectivity index (χ0) is 9.43. The zero-order valence-electron chi connectivity index (χ0n) is 9.43. The average molecular weight is 192 g/mol. The van der Waals surface area contributed by atoms with Crippen LogP contribution in [0.5, 0.6) is 0 Å². The Balaban J connectivity index is 1.71. The summed E-state index contributed by atoms with van der Waals surface area (Å²) in [5.41, 5.74) is 0.859. The molecule has 0 amide bonds. The molecule has 0 N–H and O–H groups in total. The Morgan fingerprint density at radius 1 is 0.643 bits per heavy atom. The molecule has 1 spiro atoms. The SMILES string of the molecule is C1CCC2(CC1)CC1CCCCC1C2. The second-order valence-corrected chi connectivity index (χ2v) is 6.27. The van der Waals surface area contributed by atoms with Gasteiger partial charge in [-0.15, -0.1) is 0 Å². The smallest absolute Gasteiger partial charge is 0.0292 e. The molecule has 0 heterocycles. The highest BCUT2D eigenvalue weighted by Gasteiger charge is 2.45. The minimum absolute atomic E-state index is 0.859. The predicted molar refractivity (Wildman–Crippen MR) is 60.2 cm³/mol. The van der Waals surface area contributed by atoms with Crippen LogP contribution in [-0.2, 0) is 0 Å². The topological polar surface area (TPSA) is 0 Å². The molecule has 3 aliphatic carbocycles. The van der Waals surface area contributed by atoms with Gasteiger partial charge in [0.1, 0.15) is 0 Å². The molecular weight excluding hydrogens is 168 g/mol. The van der Waals surface area contributed by atoms with E-state index in [2.05, 4.69) is 0 Å². The van der Waals surface area contributed by atoms with Gasteiger partial charge in [0.15, 0.2) is 0 Å². The first-order valence-corrected chi connectivity index (χ1v) is 6.88. The average Bonchev–Trinajstić information content (AvgIpc) is 2.56. The van der Waals surface area contributed by atoms with Crippen molar-refractivity contribution >= 4 is 0 Å². The van der Waals surface area contributed by atoms with Crippen molar-refractivity contribution < 1.29 is 0 Å². The molecule has 0 nitrogen and oxygen atoms in total. The summed E-state index contributed by atoms with van der Waals surface area (Å²) in [5.74, 6) is 2.31. The quantitative estimate of drug-likeness (QED) is 0.528. The minimum atomic E-state index is 0.859. The van der Waals surface area contributed by atoms with Gasteiger partial charge in [-0.1, -0.05) is 44.9 Å². The van der Waals surface area contributed by atoms with Gasteiger partial charge in [-0.2, -0.15) is 0 Å². The van der Waals surface area contributed by atoms with Crippen molar-refractivity contribution in [1.82, 2.24) is 0 Å². The Kier molecular flexibility index (Phi) is 2.34. The second-order valence-electron chi connectivity index (χ2n) is 6.27. The van der Waals surface area contributed by atoms with E-state index in [0.29, 0.717) is 0 Å². The monoisotopic (exact) mass is 192 g/mol. The fourth-order valence-electron chi connectivity index (χ4n) is 4.73. The van der Waals surface area contributed by atoms with E-state index < -0.39 is 0 Å². The molecule has 2 unspecified atom stereocenters. The lowest BCUT2D eigenvalue weighted by Gasteiger charge is -2.33. The highest BCUT2D eigenvalue weighted by Crippen LogP contribution is 2.57. The maximum absolute atomic E-state index is 1.62. The normalized spacial score (nSPS) is 41.1. The van der Waals surface area contributed by atoms with Crippen LogP contribution in [-0.4, -0.2) is 0 Å². The molecule has 14 heavy (non-hydrogen) atoms. The van der Waals surface area contributed by atoms with Crippen LogP contribution >= 0.6 is 0 Å². The zero-order valence-corrected chi connectivity index (χ0v) is 9.43. The first-order valence-electron chi connectivity index (χ1n) is 6.88. The van der Waals surface area contributed by atoms with Crippen LogP contribution in [0, 0.1) is 17.3 Å². The van der Waals surface area contributed by atoms with Crippen molar-refractivity contribution in [2.75, 3.05) is 0 Å². The molecule has 3 aliphatic rings. The standard InChI is InChI=1S/C14H24/c1-4-8-14(9-5-1)10-12-6-2-3-7-13(12)11-14/h12-13H,1-11H2. The van der Waals surface area contributed by atoms with Crippen molar-refractivity contribution in [3.63, 3.8) is 0 Å². The molecular formula is C14H24. The van der Waals surface area contributed by atoms with Gasteiger partial charge in [0.2, 0.25) is 0 Å². The Labute approximate surface area is 88.5 Å². The summed E-state index contributed by atoms with van der Waals surface area (Å²) < 4.78 is 0. The molecule has 80 valence electrons. The van der Waals surface area contributed by atoms with Crippen LogP contribution in [0.4, 0.5) is 0 Å². The van der Waals surface area contributed by atoms with Gasteiger partial charge in [0, 0.05) is 0 Å². The minimum Gasteiger partial charge on any atom is -0.0533 e. The molecule has 3 saturated carbocycles. The molecule has 3 rings (SSSR count). The molecule has 0 aromatic heterocycles. The Hall–Kier alpha value is 0. The van der Waals surface area contributed by atoms with E-state index in [1.54, 1.807) is 51.4 Å². The fourth-order valence-corrected chi connectivity index (χ4v) is 4.73. The highest BCUT2D eigenvalue weighted by molar-refractivity contribution is 4.96. The van der Waals surface area contributed by atoms with Crippen molar-refractivity contribution in [3.8, 4) is 0 Å². The summed E-state index contributed by atoms with van der Waals surface area (Å²) in [6.07, 6.45) is 17.2. The molecule has 0 aliphatic heterocycles. The van der Waals surface area contributed by atoms with Gasteiger partial charge in [-0.05, 0) is 42.9 Å². The van der Waals surface area contributed by atoms with E-state index in [1.807, 2.05) is 0 Å². The second kappa shape index (κ2) is 3.54. The van der Waals surface area contributed by atoms with Crippen LogP contribution < -0.4 is 0 Å². The third-order valence-corrected chi connectivity index (χ3v) is 5.37. The Morgan fingerprint density at radius 3 is 1.79 bits per heavy atom. The van der Waals surface area contributed by atoms with Crippen LogP contribution in [0.25, 0.3) is 0 Å². The van der Waals surface area contributed by atoms with Crippen LogP contribution in [0.15, 0.2) is 0 Å². The summed E-state index contributed by atoms with van der Waals surface area (Å²) in [6.45, 7) is 0. The van der Waals surface area contributed by atoms with Gasteiger partial charge >= 0.3 is 0 Å². The Bertz CT molecular complexity index is 184. The van der Waals surface area contributed by atoms with Crippen molar-refractivity contribution in [1.29, 1.82) is 0 Å². The number of hydrogen-bond donors (Lipinski definition) is 0. The maximum Gasteiger partial charge on any atom is -0.0292 e. The van der Waals surface area contributed by atoms with Crippen LogP contribution in [0.3, 0.4) is 0 Å². The highest BCUT2D eigenvalue weighted by atomic mass is 14.5. The Morgan fingerprint density at radius 2 is 1.21 bits per heavy atom. The number of hydrogen-bond acceptors (Lipinski definition) is 0. The molecule has 0 aromatic rings. The van der Waals surface area contributed by atoms with Crippen LogP contribution in [0.2, 0.25) is 0 Å². The van der Waals surface area contributed by atoms with Gasteiger partial charge in [-0.3, -0.25) is 0 Å². The summed E-state index contributed by atoms with van der Waals surface area (Å²) in [4.78, 5) is 0. The summed E-state index contributed by atoms with van der Waals surface area (Å²) in [7, 11) is 0.